The number of rotatable bonds is 5. The number of hydrogen-bond donors (Lipinski definition) is 1. The quantitative estimate of drug-likeness (QED) is 0.761. The highest BCUT2D eigenvalue weighted by molar-refractivity contribution is 5.65. The SMILES string of the molecule is CCC[C@](C)(O)C1C[C@@]23CC[C@]1(OC)[C@@H]1Oc4c(OC)ccc5c4C12C1CN(C)[C@@H]3[C@@H]1C5. The Morgan fingerprint density at radius 3 is 2.81 bits per heavy atom. The molecule has 7 aliphatic rings. The fourth-order valence-corrected chi connectivity index (χ4v) is 10.7. The van der Waals surface area contributed by atoms with Crippen LogP contribution in [0.3, 0.4) is 0 Å². The number of hydrogen-bond acceptors (Lipinski definition) is 5. The van der Waals surface area contributed by atoms with Crippen LogP contribution in [0.1, 0.15) is 57.1 Å². The lowest BCUT2D eigenvalue weighted by Crippen LogP contribution is -2.79. The molecule has 174 valence electrons. The van der Waals surface area contributed by atoms with E-state index < -0.39 is 11.2 Å². The molecule has 5 nitrogen and oxygen atoms in total. The van der Waals surface area contributed by atoms with Crippen molar-refractivity contribution < 1.29 is 19.3 Å². The van der Waals surface area contributed by atoms with Crippen molar-refractivity contribution in [3.8, 4) is 11.5 Å². The summed E-state index contributed by atoms with van der Waals surface area (Å²) in [4.78, 5) is 2.66. The Morgan fingerprint density at radius 1 is 1.28 bits per heavy atom. The fraction of sp³-hybridized carbons (Fsp3) is 0.778. The van der Waals surface area contributed by atoms with Gasteiger partial charge in [-0.25, -0.2) is 0 Å². The normalized spacial score (nSPS) is 48.5. The number of benzene rings is 1. The monoisotopic (exact) mass is 439 g/mol. The highest BCUT2D eigenvalue weighted by Crippen LogP contribution is 2.83. The van der Waals surface area contributed by atoms with Crippen LogP contribution in [0.5, 0.6) is 11.5 Å². The number of aliphatic hydroxyl groups is 1. The van der Waals surface area contributed by atoms with E-state index >= 15 is 0 Å². The molecule has 8 rings (SSSR count). The van der Waals surface area contributed by atoms with Crippen molar-refractivity contribution in [2.75, 3.05) is 27.8 Å². The van der Waals surface area contributed by atoms with Crippen molar-refractivity contribution in [2.24, 2.45) is 23.2 Å². The second kappa shape index (κ2) is 5.84. The minimum Gasteiger partial charge on any atom is -0.493 e. The van der Waals surface area contributed by atoms with E-state index in [1.165, 1.54) is 11.1 Å². The van der Waals surface area contributed by atoms with E-state index in [-0.39, 0.29) is 22.9 Å². The van der Waals surface area contributed by atoms with Gasteiger partial charge >= 0.3 is 0 Å². The van der Waals surface area contributed by atoms with Gasteiger partial charge in [0.1, 0.15) is 11.7 Å². The summed E-state index contributed by atoms with van der Waals surface area (Å²) >= 11 is 0. The summed E-state index contributed by atoms with van der Waals surface area (Å²) in [5, 5.41) is 11.9. The number of ether oxygens (including phenoxy) is 3. The van der Waals surface area contributed by atoms with Gasteiger partial charge in [-0.05, 0) is 69.5 Å². The van der Waals surface area contributed by atoms with Crippen LogP contribution in [-0.2, 0) is 16.6 Å². The third-order valence-corrected chi connectivity index (χ3v) is 11.3. The minimum atomic E-state index is -0.765. The largest absolute Gasteiger partial charge is 0.493 e. The number of likely N-dealkylation sites (tertiary alicyclic amines) is 1. The molecule has 5 heteroatoms. The maximum atomic E-state index is 11.9. The van der Waals surface area contributed by atoms with Gasteiger partial charge in [-0.3, -0.25) is 0 Å². The van der Waals surface area contributed by atoms with E-state index in [2.05, 4.69) is 37.9 Å². The Bertz CT molecular complexity index is 1010. The summed E-state index contributed by atoms with van der Waals surface area (Å²) in [6.07, 6.45) is 6.03. The van der Waals surface area contributed by atoms with Crippen LogP contribution in [0.4, 0.5) is 0 Å². The van der Waals surface area contributed by atoms with Gasteiger partial charge in [-0.15, -0.1) is 0 Å². The third-order valence-electron chi connectivity index (χ3n) is 11.3. The maximum absolute atomic E-state index is 11.9. The van der Waals surface area contributed by atoms with E-state index in [9.17, 15) is 5.11 Å². The highest BCUT2D eigenvalue weighted by Gasteiger charge is 2.88. The first-order valence-corrected chi connectivity index (χ1v) is 12.7. The first kappa shape index (κ1) is 20.1. The van der Waals surface area contributed by atoms with Crippen molar-refractivity contribution >= 4 is 0 Å². The summed E-state index contributed by atoms with van der Waals surface area (Å²) in [7, 11) is 5.97. The van der Waals surface area contributed by atoms with Crippen LogP contribution in [0, 0.1) is 23.2 Å². The van der Waals surface area contributed by atoms with Crippen LogP contribution >= 0.6 is 0 Å². The summed E-state index contributed by atoms with van der Waals surface area (Å²) in [6, 6.07) is 4.97. The van der Waals surface area contributed by atoms with Gasteiger partial charge in [-0.2, -0.15) is 0 Å². The molecule has 2 spiro atoms. The van der Waals surface area contributed by atoms with E-state index in [1.807, 2.05) is 7.11 Å². The number of methoxy groups -OCH3 is 2. The highest BCUT2D eigenvalue weighted by atomic mass is 16.6. The van der Waals surface area contributed by atoms with Crippen LogP contribution in [0.25, 0.3) is 0 Å². The summed E-state index contributed by atoms with van der Waals surface area (Å²) < 4.78 is 19.5. The smallest absolute Gasteiger partial charge is 0.165 e. The zero-order valence-electron chi connectivity index (χ0n) is 20.1. The van der Waals surface area contributed by atoms with E-state index in [0.717, 1.165) is 56.6 Å². The van der Waals surface area contributed by atoms with E-state index in [4.69, 9.17) is 14.2 Å². The zero-order chi connectivity index (χ0) is 22.3. The number of fused-ring (bicyclic) bond motifs is 2. The van der Waals surface area contributed by atoms with Crippen LogP contribution < -0.4 is 9.47 Å². The predicted octanol–water partition coefficient (Wildman–Crippen LogP) is 3.55. The van der Waals surface area contributed by atoms with Gasteiger partial charge in [0.2, 0.25) is 0 Å². The van der Waals surface area contributed by atoms with Crippen molar-refractivity contribution in [3.05, 3.63) is 23.3 Å². The molecule has 6 bridgehead atoms. The third kappa shape index (κ3) is 1.76. The zero-order valence-corrected chi connectivity index (χ0v) is 20.1. The molecule has 5 fully saturated rings. The summed E-state index contributed by atoms with van der Waals surface area (Å²) in [5.41, 5.74) is 1.81. The van der Waals surface area contributed by atoms with Gasteiger partial charge in [-0.1, -0.05) is 19.4 Å². The maximum Gasteiger partial charge on any atom is 0.165 e. The fourth-order valence-electron chi connectivity index (χ4n) is 10.7. The topological polar surface area (TPSA) is 51.2 Å². The van der Waals surface area contributed by atoms with Crippen molar-refractivity contribution in [3.63, 3.8) is 0 Å². The Balaban J connectivity index is 1.53. The standard InChI is InChI=1S/C27H37NO4/c1-6-9-24(2,29)19-13-25-10-11-26(19,31-5)23-27(25)17-14-28(3)22(25)16(17)12-15-7-8-18(30-4)21(32-23)20(15)27/h7-8,16-17,19,22-23,29H,6,9-14H2,1-5H3/t16-,17?,19?,22-,23+,24+,25-,26-,27?/m1/s1. The molecule has 1 aromatic rings. The van der Waals surface area contributed by atoms with Crippen molar-refractivity contribution in [1.82, 2.24) is 4.90 Å². The number of piperidine rings is 1. The molecule has 0 amide bonds. The molecule has 9 atom stereocenters. The van der Waals surface area contributed by atoms with Gasteiger partial charge in [0.05, 0.1) is 18.1 Å². The molecule has 1 saturated heterocycles. The predicted molar refractivity (Wildman–Crippen MR) is 121 cm³/mol. The first-order chi connectivity index (χ1) is 15.3. The molecule has 2 heterocycles. The van der Waals surface area contributed by atoms with Crippen molar-refractivity contribution in [1.29, 1.82) is 0 Å². The molecular formula is C27H37NO4. The lowest BCUT2D eigenvalue weighted by molar-refractivity contribution is -0.290. The molecule has 0 radical (unpaired) electrons. The van der Waals surface area contributed by atoms with Crippen LogP contribution in [0.15, 0.2) is 12.1 Å². The van der Waals surface area contributed by atoms with Gasteiger partial charge < -0.3 is 24.2 Å². The lowest BCUT2D eigenvalue weighted by atomic mass is 9.37. The second-order valence-electron chi connectivity index (χ2n) is 12.0. The Morgan fingerprint density at radius 2 is 2.09 bits per heavy atom. The van der Waals surface area contributed by atoms with Crippen LogP contribution in [-0.4, -0.2) is 61.2 Å². The molecule has 0 aromatic heterocycles. The molecular weight excluding hydrogens is 402 g/mol. The van der Waals surface area contributed by atoms with Gasteiger partial charge in [0.25, 0.3) is 0 Å². The van der Waals surface area contributed by atoms with E-state index in [1.54, 1.807) is 7.11 Å². The Hall–Kier alpha value is -1.30. The van der Waals surface area contributed by atoms with Gasteiger partial charge in [0, 0.05) is 36.6 Å². The van der Waals surface area contributed by atoms with Crippen LogP contribution in [0.2, 0.25) is 0 Å². The number of nitrogens with zero attached hydrogens (tertiary/aromatic N) is 1. The second-order valence-corrected chi connectivity index (χ2v) is 12.0. The molecule has 5 aliphatic carbocycles. The molecule has 3 unspecified atom stereocenters. The average molecular weight is 440 g/mol. The van der Waals surface area contributed by atoms with Crippen molar-refractivity contribution in [2.45, 2.75) is 81.1 Å². The molecule has 32 heavy (non-hydrogen) atoms. The average Bonchev–Trinajstić information content (AvgIpc) is 3.36. The minimum absolute atomic E-state index is 0.0145. The molecule has 1 N–H and O–H groups in total. The Labute approximate surface area is 191 Å². The first-order valence-electron chi connectivity index (χ1n) is 12.7. The summed E-state index contributed by atoms with van der Waals surface area (Å²) in [5.74, 6) is 3.17. The molecule has 4 saturated carbocycles. The van der Waals surface area contributed by atoms with E-state index in [0.29, 0.717) is 17.9 Å². The summed E-state index contributed by atoms with van der Waals surface area (Å²) in [6.45, 7) is 5.37. The molecule has 2 aliphatic heterocycles. The molecule has 1 aromatic carbocycles. The lowest BCUT2D eigenvalue weighted by Gasteiger charge is -2.71. The Kier molecular flexibility index (Phi) is 3.67. The van der Waals surface area contributed by atoms with Gasteiger partial charge in [0.15, 0.2) is 11.5 Å².